The summed E-state index contributed by atoms with van der Waals surface area (Å²) in [5, 5.41) is 14.7. The molecule has 2 aromatic rings. The molecule has 8 heteroatoms. The smallest absolute Gasteiger partial charge is 0.254 e. The van der Waals surface area contributed by atoms with Crippen molar-refractivity contribution in [2.45, 2.75) is 57.6 Å². The normalized spacial score (nSPS) is 29.6. The maximum atomic E-state index is 14.1. The molecule has 4 aliphatic carbocycles. The van der Waals surface area contributed by atoms with Crippen LogP contribution in [0.3, 0.4) is 0 Å². The van der Waals surface area contributed by atoms with Crippen LogP contribution in [0.4, 0.5) is 10.2 Å². The van der Waals surface area contributed by atoms with Crippen LogP contribution in [0.15, 0.2) is 24.5 Å². The number of aliphatic hydroxyl groups is 1. The Morgan fingerprint density at radius 3 is 2.60 bits per heavy atom. The van der Waals surface area contributed by atoms with Gasteiger partial charge in [-0.05, 0) is 86.3 Å². The summed E-state index contributed by atoms with van der Waals surface area (Å²) >= 11 is 0. The number of benzene rings is 1. The number of amides is 1. The number of nitrogens with one attached hydrogen (secondary N) is 1. The second kappa shape index (κ2) is 8.73. The van der Waals surface area contributed by atoms with Gasteiger partial charge < -0.3 is 20.1 Å². The van der Waals surface area contributed by atoms with Crippen molar-refractivity contribution in [3.05, 3.63) is 47.2 Å². The molecule has 0 spiro atoms. The number of ether oxygens (including phenoxy) is 1. The first-order chi connectivity index (χ1) is 16.9. The lowest BCUT2D eigenvalue weighted by molar-refractivity contribution is -0.115. The van der Waals surface area contributed by atoms with Crippen molar-refractivity contribution in [3.63, 3.8) is 0 Å². The molecule has 7 nitrogen and oxygen atoms in total. The van der Waals surface area contributed by atoms with Crippen molar-refractivity contribution >= 4 is 11.7 Å². The Morgan fingerprint density at radius 1 is 1.23 bits per heavy atom. The molecule has 1 aromatic carbocycles. The van der Waals surface area contributed by atoms with Gasteiger partial charge in [0.05, 0.1) is 25.5 Å². The van der Waals surface area contributed by atoms with Crippen LogP contribution in [0.2, 0.25) is 0 Å². The van der Waals surface area contributed by atoms with Gasteiger partial charge in [-0.1, -0.05) is 0 Å². The highest BCUT2D eigenvalue weighted by atomic mass is 19.1. The summed E-state index contributed by atoms with van der Waals surface area (Å²) in [4.78, 5) is 23.6. The molecule has 7 rings (SSSR count). The third-order valence-corrected chi connectivity index (χ3v) is 8.95. The third kappa shape index (κ3) is 4.05. The molecule has 4 saturated carbocycles. The average Bonchev–Trinajstić information content (AvgIpc) is 2.85. The van der Waals surface area contributed by atoms with Crippen LogP contribution in [-0.4, -0.2) is 52.2 Å². The number of nitrogens with zero attached hydrogens (tertiary/aromatic N) is 3. The van der Waals surface area contributed by atoms with E-state index in [9.17, 15) is 14.3 Å². The molecule has 1 amide bonds. The third-order valence-electron chi connectivity index (χ3n) is 8.95. The number of hydrogen-bond donors (Lipinski definition) is 2. The molecule has 4 bridgehead atoms. The molecule has 0 saturated heterocycles. The summed E-state index contributed by atoms with van der Waals surface area (Å²) in [5.41, 5.74) is 2.14. The fraction of sp³-hybridized carbons (Fsp3) is 0.593. The van der Waals surface area contributed by atoms with Gasteiger partial charge in [0, 0.05) is 24.2 Å². The standard InChI is InChI=1S/C27H33FN4O3/c1-35-23-3-2-19(9-21(23)28)26(34)32-5-4-20-22(14-32)30-15-31-25(20)29-13-24(33)27-10-16-6-17(11-27)8-18(7-16)12-27/h2-3,9,15-18,24,33H,4-8,10-14H2,1H3,(H,29,30,31). The van der Waals surface area contributed by atoms with Crippen LogP contribution in [-0.2, 0) is 13.0 Å². The van der Waals surface area contributed by atoms with E-state index in [1.807, 2.05) is 0 Å². The van der Waals surface area contributed by atoms with Gasteiger partial charge in [0.1, 0.15) is 12.1 Å². The molecule has 1 aliphatic heterocycles. The minimum atomic E-state index is -0.554. The van der Waals surface area contributed by atoms with Crippen LogP contribution >= 0.6 is 0 Å². The van der Waals surface area contributed by atoms with Crippen molar-refractivity contribution < 1.29 is 19.0 Å². The number of methoxy groups -OCH3 is 1. The summed E-state index contributed by atoms with van der Waals surface area (Å²) in [7, 11) is 1.40. The van der Waals surface area contributed by atoms with Gasteiger partial charge in [-0.15, -0.1) is 0 Å². The number of aromatic nitrogens is 2. The number of carbonyl (C=O) groups excluding carboxylic acids is 1. The molecule has 186 valence electrons. The number of fused-ring (bicyclic) bond motifs is 1. The SMILES string of the molecule is COc1ccc(C(=O)N2CCc3c(ncnc3NCC(O)C34CC5CC(CC(C5)C3)C4)C2)cc1F. The Labute approximate surface area is 205 Å². The maximum Gasteiger partial charge on any atom is 0.254 e. The van der Waals surface area contributed by atoms with Crippen molar-refractivity contribution in [3.8, 4) is 5.75 Å². The quantitative estimate of drug-likeness (QED) is 0.654. The second-order valence-electron chi connectivity index (χ2n) is 11.2. The van der Waals surface area contributed by atoms with Gasteiger partial charge in [-0.3, -0.25) is 4.79 Å². The monoisotopic (exact) mass is 480 g/mol. The van der Waals surface area contributed by atoms with E-state index in [1.165, 1.54) is 44.8 Å². The number of rotatable bonds is 6. The van der Waals surface area contributed by atoms with Gasteiger partial charge in [0.15, 0.2) is 11.6 Å². The van der Waals surface area contributed by atoms with Gasteiger partial charge in [0.2, 0.25) is 0 Å². The van der Waals surface area contributed by atoms with Crippen LogP contribution in [0.1, 0.15) is 60.1 Å². The fourth-order valence-corrected chi connectivity index (χ4v) is 7.66. The summed E-state index contributed by atoms with van der Waals surface area (Å²) < 4.78 is 19.1. The zero-order valence-corrected chi connectivity index (χ0v) is 20.2. The Bertz CT molecular complexity index is 1100. The Balaban J connectivity index is 1.13. The minimum absolute atomic E-state index is 0.0612. The van der Waals surface area contributed by atoms with E-state index in [0.29, 0.717) is 26.1 Å². The van der Waals surface area contributed by atoms with E-state index in [0.717, 1.165) is 54.1 Å². The number of carbonyl (C=O) groups is 1. The zero-order chi connectivity index (χ0) is 24.2. The van der Waals surface area contributed by atoms with Crippen LogP contribution < -0.4 is 10.1 Å². The topological polar surface area (TPSA) is 87.6 Å². The average molecular weight is 481 g/mol. The van der Waals surface area contributed by atoms with E-state index in [2.05, 4.69) is 15.3 Å². The Hall–Kier alpha value is -2.74. The largest absolute Gasteiger partial charge is 0.494 e. The highest BCUT2D eigenvalue weighted by Gasteiger charge is 2.53. The second-order valence-corrected chi connectivity index (χ2v) is 11.2. The Kier molecular flexibility index (Phi) is 5.66. The van der Waals surface area contributed by atoms with E-state index < -0.39 is 5.82 Å². The number of aliphatic hydroxyl groups excluding tert-OH is 1. The van der Waals surface area contributed by atoms with Crippen molar-refractivity contribution in [1.82, 2.24) is 14.9 Å². The van der Waals surface area contributed by atoms with Crippen LogP contribution in [0.5, 0.6) is 5.75 Å². The fourth-order valence-electron chi connectivity index (χ4n) is 7.66. The molecule has 4 fully saturated rings. The van der Waals surface area contributed by atoms with E-state index in [4.69, 9.17) is 4.74 Å². The van der Waals surface area contributed by atoms with Crippen molar-refractivity contribution in [2.75, 3.05) is 25.5 Å². The van der Waals surface area contributed by atoms with Gasteiger partial charge >= 0.3 is 0 Å². The zero-order valence-electron chi connectivity index (χ0n) is 20.2. The lowest BCUT2D eigenvalue weighted by atomic mass is 9.48. The van der Waals surface area contributed by atoms with Crippen molar-refractivity contribution in [2.24, 2.45) is 23.2 Å². The first kappa shape index (κ1) is 22.7. The summed E-state index contributed by atoms with van der Waals surface area (Å²) in [5.74, 6) is 2.47. The minimum Gasteiger partial charge on any atom is -0.494 e. The highest BCUT2D eigenvalue weighted by Crippen LogP contribution is 2.61. The summed E-state index contributed by atoms with van der Waals surface area (Å²) in [6, 6.07) is 4.27. The molecular weight excluding hydrogens is 447 g/mol. The molecule has 2 heterocycles. The van der Waals surface area contributed by atoms with Gasteiger partial charge in [-0.2, -0.15) is 0 Å². The number of anilines is 1. The molecule has 1 unspecified atom stereocenters. The predicted molar refractivity (Wildman–Crippen MR) is 129 cm³/mol. The molecular formula is C27H33FN4O3. The predicted octanol–water partition coefficient (Wildman–Crippen LogP) is 3.81. The first-order valence-electron chi connectivity index (χ1n) is 12.8. The summed E-state index contributed by atoms with van der Waals surface area (Å²) in [6.07, 6.45) is 9.29. The van der Waals surface area contributed by atoms with Gasteiger partial charge in [-0.25, -0.2) is 14.4 Å². The number of halogens is 1. The highest BCUT2D eigenvalue weighted by molar-refractivity contribution is 5.94. The van der Waals surface area contributed by atoms with Crippen LogP contribution in [0.25, 0.3) is 0 Å². The van der Waals surface area contributed by atoms with E-state index in [-0.39, 0.29) is 28.7 Å². The Morgan fingerprint density at radius 2 is 1.94 bits per heavy atom. The molecule has 35 heavy (non-hydrogen) atoms. The molecule has 1 atom stereocenters. The van der Waals surface area contributed by atoms with Crippen LogP contribution in [0, 0.1) is 29.0 Å². The molecule has 1 aromatic heterocycles. The van der Waals surface area contributed by atoms with Gasteiger partial charge in [0.25, 0.3) is 5.91 Å². The molecule has 5 aliphatic rings. The van der Waals surface area contributed by atoms with E-state index >= 15 is 0 Å². The maximum absolute atomic E-state index is 14.1. The lowest BCUT2D eigenvalue weighted by Crippen LogP contribution is -2.53. The lowest BCUT2D eigenvalue weighted by Gasteiger charge is -2.58. The molecule has 2 N–H and O–H groups in total. The molecule has 0 radical (unpaired) electrons. The number of hydrogen-bond acceptors (Lipinski definition) is 6. The van der Waals surface area contributed by atoms with E-state index in [1.54, 1.807) is 11.0 Å². The van der Waals surface area contributed by atoms with Crippen molar-refractivity contribution in [1.29, 1.82) is 0 Å². The first-order valence-corrected chi connectivity index (χ1v) is 12.8. The summed E-state index contributed by atoms with van der Waals surface area (Å²) in [6.45, 7) is 1.33.